The van der Waals surface area contributed by atoms with Crippen LogP contribution in [0.5, 0.6) is 0 Å². The smallest absolute Gasteiger partial charge is 0.254 e. The number of hydrogen-bond donors (Lipinski definition) is 0. The zero-order valence-electron chi connectivity index (χ0n) is 35.4. The number of thiophene rings is 1. The third-order valence-corrected chi connectivity index (χ3v) is 14.4. The Morgan fingerprint density at radius 1 is 0.600 bits per heavy atom. The molecule has 0 fully saturated rings. The minimum Gasteiger partial charge on any atom is -0.311 e. The summed E-state index contributed by atoms with van der Waals surface area (Å²) in [6, 6.07) is 33.8. The molecule has 280 valence electrons. The highest BCUT2D eigenvalue weighted by Gasteiger charge is 2.49. The van der Waals surface area contributed by atoms with Crippen molar-refractivity contribution in [2.24, 2.45) is 0 Å². The molecule has 9 rings (SSSR count). The molecule has 0 radical (unpaired) electrons. The van der Waals surface area contributed by atoms with Crippen molar-refractivity contribution in [1.29, 1.82) is 0 Å². The topological polar surface area (TPSA) is 6.48 Å². The average Bonchev–Trinajstić information content (AvgIpc) is 3.47. The molecule has 55 heavy (non-hydrogen) atoms. The molecule has 3 aliphatic rings. The summed E-state index contributed by atoms with van der Waals surface area (Å²) in [6.45, 7) is 30.8. The van der Waals surface area contributed by atoms with Crippen LogP contribution in [0.4, 0.5) is 33.4 Å². The van der Waals surface area contributed by atoms with Crippen LogP contribution in [-0.4, -0.2) is 6.71 Å². The lowest BCUT2D eigenvalue weighted by Gasteiger charge is -2.49. The van der Waals surface area contributed by atoms with E-state index in [0.717, 1.165) is 0 Å². The fourth-order valence-corrected chi connectivity index (χ4v) is 11.2. The van der Waals surface area contributed by atoms with Crippen molar-refractivity contribution in [2.75, 3.05) is 9.80 Å². The van der Waals surface area contributed by atoms with Crippen molar-refractivity contribution in [3.05, 3.63) is 124 Å². The molecule has 0 saturated heterocycles. The maximum atomic E-state index is 2.69. The number of fused-ring (bicyclic) bond motifs is 8. The zero-order chi connectivity index (χ0) is 39.1. The second-order valence-corrected chi connectivity index (χ2v) is 21.4. The summed E-state index contributed by atoms with van der Waals surface area (Å²) in [5, 5.41) is 2.75. The summed E-state index contributed by atoms with van der Waals surface area (Å²) >= 11 is 1.96. The molecule has 0 bridgehead atoms. The van der Waals surface area contributed by atoms with Crippen LogP contribution in [0, 0.1) is 20.8 Å². The Balaban J connectivity index is 1.43. The Kier molecular flexibility index (Phi) is 7.85. The monoisotopic (exact) mass is 740 g/mol. The fourth-order valence-electron chi connectivity index (χ4n) is 9.98. The predicted molar refractivity (Wildman–Crippen MR) is 243 cm³/mol. The van der Waals surface area contributed by atoms with E-state index in [1.807, 2.05) is 11.3 Å². The Bertz CT molecular complexity index is 2550. The molecule has 0 saturated carbocycles. The molecule has 6 aromatic rings. The number of rotatable bonds is 2. The van der Waals surface area contributed by atoms with Crippen LogP contribution < -0.4 is 26.2 Å². The number of anilines is 6. The standard InChI is InChI=1S/C51H57BN2S/c1-30-14-23-42-36(26-30)44-47(55-42)54(39-22-17-34(29-32(39)3)49(7,8)9)41-28-31(2)27-40-45(41)52(44)38-21-20-37-43(51(12,13)25-24-50(37,10)11)46(38)53(40)35-18-15-33(16-19-35)48(4,5)6/h14-23,26-29H,24-25H2,1-13H3. The molecule has 1 aliphatic carbocycles. The van der Waals surface area contributed by atoms with Gasteiger partial charge in [-0.3, -0.25) is 0 Å². The normalized spacial score (nSPS) is 16.9. The van der Waals surface area contributed by atoms with E-state index in [2.05, 4.69) is 185 Å². The first-order valence-electron chi connectivity index (χ1n) is 20.4. The van der Waals surface area contributed by atoms with E-state index in [9.17, 15) is 0 Å². The van der Waals surface area contributed by atoms with Gasteiger partial charge in [0.05, 0.1) is 5.00 Å². The molecule has 0 unspecified atom stereocenters. The first-order chi connectivity index (χ1) is 25.8. The summed E-state index contributed by atoms with van der Waals surface area (Å²) in [4.78, 5) is 5.32. The lowest BCUT2D eigenvalue weighted by atomic mass is 9.33. The average molecular weight is 741 g/mol. The lowest BCUT2D eigenvalue weighted by Crippen LogP contribution is -2.61. The Morgan fingerprint density at radius 3 is 1.89 bits per heavy atom. The van der Waals surface area contributed by atoms with Crippen LogP contribution in [0.3, 0.4) is 0 Å². The van der Waals surface area contributed by atoms with Gasteiger partial charge < -0.3 is 9.80 Å². The van der Waals surface area contributed by atoms with E-state index in [4.69, 9.17) is 0 Å². The van der Waals surface area contributed by atoms with E-state index in [1.165, 1.54) is 112 Å². The van der Waals surface area contributed by atoms with E-state index < -0.39 is 0 Å². The number of aryl methyl sites for hydroxylation is 3. The first kappa shape index (κ1) is 36.4. The van der Waals surface area contributed by atoms with E-state index in [0.29, 0.717) is 0 Å². The minimum absolute atomic E-state index is 0.0205. The van der Waals surface area contributed by atoms with Gasteiger partial charge >= 0.3 is 0 Å². The number of nitrogens with zero attached hydrogens (tertiary/aromatic N) is 2. The van der Waals surface area contributed by atoms with Crippen molar-refractivity contribution in [2.45, 2.75) is 125 Å². The highest BCUT2D eigenvalue weighted by molar-refractivity contribution is 7.26. The molecule has 5 aromatic carbocycles. The molecular formula is C51H57BN2S. The van der Waals surface area contributed by atoms with E-state index in [1.54, 1.807) is 0 Å². The van der Waals surface area contributed by atoms with Gasteiger partial charge in [0.15, 0.2) is 0 Å². The summed E-state index contributed by atoms with van der Waals surface area (Å²) in [5.41, 5.74) is 20.8. The highest BCUT2D eigenvalue weighted by atomic mass is 32.1. The van der Waals surface area contributed by atoms with Gasteiger partial charge in [-0.15, -0.1) is 11.3 Å². The third-order valence-electron chi connectivity index (χ3n) is 13.2. The maximum absolute atomic E-state index is 2.69. The molecular weight excluding hydrogens is 683 g/mol. The SMILES string of the molecule is Cc1cc2c3c(c1)N(c1ccc(C(C)(C)C)cc1)c1c(ccc4c1C(C)(C)CCC4(C)C)B3c1c(sc3ccc(C)cc13)N2c1ccc(C(C)(C)C)cc1C. The molecule has 0 spiro atoms. The molecule has 0 N–H and O–H groups in total. The fraction of sp³-hybridized carbons (Fsp3) is 0.373. The molecule has 1 aromatic heterocycles. The van der Waals surface area contributed by atoms with Crippen molar-refractivity contribution >= 4 is 78.0 Å². The minimum atomic E-state index is 0.0205. The van der Waals surface area contributed by atoms with Gasteiger partial charge in [-0.25, -0.2) is 0 Å². The van der Waals surface area contributed by atoms with Crippen LogP contribution in [0.1, 0.15) is 121 Å². The maximum Gasteiger partial charge on any atom is 0.254 e. The summed E-state index contributed by atoms with van der Waals surface area (Å²) < 4.78 is 1.36. The van der Waals surface area contributed by atoms with Gasteiger partial charge in [-0.1, -0.05) is 123 Å². The van der Waals surface area contributed by atoms with Gasteiger partial charge in [0.1, 0.15) is 0 Å². The number of hydrogen-bond acceptors (Lipinski definition) is 3. The van der Waals surface area contributed by atoms with Crippen molar-refractivity contribution in [3.63, 3.8) is 0 Å². The van der Waals surface area contributed by atoms with Crippen molar-refractivity contribution < 1.29 is 0 Å². The van der Waals surface area contributed by atoms with Crippen LogP contribution in [0.25, 0.3) is 10.1 Å². The Morgan fingerprint density at radius 2 is 1.24 bits per heavy atom. The lowest BCUT2D eigenvalue weighted by molar-refractivity contribution is 0.333. The zero-order valence-corrected chi connectivity index (χ0v) is 36.2. The summed E-state index contributed by atoms with van der Waals surface area (Å²) in [5.74, 6) is 0. The third kappa shape index (κ3) is 5.48. The van der Waals surface area contributed by atoms with Gasteiger partial charge in [0.2, 0.25) is 0 Å². The second-order valence-electron chi connectivity index (χ2n) is 20.4. The van der Waals surface area contributed by atoms with E-state index in [-0.39, 0.29) is 28.4 Å². The Hall–Kier alpha value is -4.28. The van der Waals surface area contributed by atoms with Crippen molar-refractivity contribution in [1.82, 2.24) is 0 Å². The number of benzene rings is 5. The van der Waals surface area contributed by atoms with E-state index >= 15 is 0 Å². The van der Waals surface area contributed by atoms with Crippen LogP contribution in [-0.2, 0) is 21.7 Å². The predicted octanol–water partition coefficient (Wildman–Crippen LogP) is 12.9. The first-order valence-corrected chi connectivity index (χ1v) is 21.3. The van der Waals surface area contributed by atoms with Crippen LogP contribution in [0.15, 0.2) is 84.9 Å². The molecule has 4 heteroatoms. The highest BCUT2D eigenvalue weighted by Crippen LogP contribution is 2.54. The summed E-state index contributed by atoms with van der Waals surface area (Å²) in [6.07, 6.45) is 2.36. The van der Waals surface area contributed by atoms with Gasteiger partial charge in [0.25, 0.3) is 6.71 Å². The molecule has 0 amide bonds. The Labute approximate surface area is 334 Å². The summed E-state index contributed by atoms with van der Waals surface area (Å²) in [7, 11) is 0. The largest absolute Gasteiger partial charge is 0.311 e. The van der Waals surface area contributed by atoms with Crippen molar-refractivity contribution in [3.8, 4) is 0 Å². The van der Waals surface area contributed by atoms with Crippen LogP contribution >= 0.6 is 11.3 Å². The second kappa shape index (κ2) is 11.9. The quantitative estimate of drug-likeness (QED) is 0.163. The molecule has 0 atom stereocenters. The van der Waals surface area contributed by atoms with Crippen LogP contribution in [0.2, 0.25) is 0 Å². The molecule has 2 nitrogen and oxygen atoms in total. The molecule has 3 heterocycles. The van der Waals surface area contributed by atoms with Gasteiger partial charge in [-0.2, -0.15) is 0 Å². The molecule has 2 aliphatic heterocycles. The van der Waals surface area contributed by atoms with Gasteiger partial charge in [-0.05, 0) is 147 Å². The van der Waals surface area contributed by atoms with Gasteiger partial charge in [0, 0.05) is 33.1 Å².